The molecule has 0 saturated heterocycles. The van der Waals surface area contributed by atoms with Crippen molar-refractivity contribution < 1.29 is 9.53 Å². The number of carbonyl (C=O) groups excluding carboxylic acids is 1. The van der Waals surface area contributed by atoms with Crippen molar-refractivity contribution in [3.63, 3.8) is 0 Å². The zero-order chi connectivity index (χ0) is 13.8. The summed E-state index contributed by atoms with van der Waals surface area (Å²) < 4.78 is 5.59. The molecule has 0 atom stereocenters. The standard InChI is InChI=1S/C13H10BrClN2O2/c1-19-13(18)10-7-16-11(17-12(10)15)6-8-2-4-9(14)5-3-8/h2-5,7H,6H2,1H3. The molecule has 19 heavy (non-hydrogen) atoms. The number of methoxy groups -OCH3 is 1. The Morgan fingerprint density at radius 2 is 2.05 bits per heavy atom. The lowest BCUT2D eigenvalue weighted by molar-refractivity contribution is 0.0600. The average molecular weight is 342 g/mol. The highest BCUT2D eigenvalue weighted by Crippen LogP contribution is 2.16. The zero-order valence-electron chi connectivity index (χ0n) is 10.1. The lowest BCUT2D eigenvalue weighted by atomic mass is 10.1. The Labute approximate surface area is 123 Å². The molecule has 98 valence electrons. The summed E-state index contributed by atoms with van der Waals surface area (Å²) >= 11 is 9.31. The summed E-state index contributed by atoms with van der Waals surface area (Å²) in [6.45, 7) is 0. The van der Waals surface area contributed by atoms with E-state index in [1.807, 2.05) is 24.3 Å². The van der Waals surface area contributed by atoms with Gasteiger partial charge in [-0.3, -0.25) is 0 Å². The maximum absolute atomic E-state index is 11.3. The normalized spacial score (nSPS) is 10.3. The Morgan fingerprint density at radius 1 is 1.37 bits per heavy atom. The van der Waals surface area contributed by atoms with Crippen LogP contribution in [0.2, 0.25) is 5.15 Å². The molecule has 0 amide bonds. The van der Waals surface area contributed by atoms with Gasteiger partial charge in [0.05, 0.1) is 7.11 Å². The summed E-state index contributed by atoms with van der Waals surface area (Å²) in [6.07, 6.45) is 1.93. The predicted octanol–water partition coefficient (Wildman–Crippen LogP) is 3.27. The molecule has 0 aliphatic rings. The van der Waals surface area contributed by atoms with E-state index < -0.39 is 5.97 Å². The van der Waals surface area contributed by atoms with Crippen molar-refractivity contribution in [1.82, 2.24) is 9.97 Å². The largest absolute Gasteiger partial charge is 0.465 e. The molecule has 0 aliphatic heterocycles. The highest BCUT2D eigenvalue weighted by atomic mass is 79.9. The van der Waals surface area contributed by atoms with E-state index in [9.17, 15) is 4.79 Å². The number of ether oxygens (including phenoxy) is 1. The number of benzene rings is 1. The monoisotopic (exact) mass is 340 g/mol. The third-order valence-corrected chi connectivity index (χ3v) is 3.29. The lowest BCUT2D eigenvalue weighted by Crippen LogP contribution is -2.06. The summed E-state index contributed by atoms with van der Waals surface area (Å²) in [7, 11) is 1.29. The minimum atomic E-state index is -0.541. The van der Waals surface area contributed by atoms with Crippen molar-refractivity contribution in [1.29, 1.82) is 0 Å². The average Bonchev–Trinajstić information content (AvgIpc) is 2.41. The fourth-order valence-electron chi connectivity index (χ4n) is 1.51. The molecule has 0 aliphatic carbocycles. The van der Waals surface area contributed by atoms with Gasteiger partial charge in [-0.15, -0.1) is 0 Å². The van der Waals surface area contributed by atoms with Crippen LogP contribution in [-0.2, 0) is 11.2 Å². The third kappa shape index (κ3) is 3.52. The Balaban J connectivity index is 2.20. The molecule has 0 unspecified atom stereocenters. The first kappa shape index (κ1) is 14.0. The van der Waals surface area contributed by atoms with E-state index in [1.165, 1.54) is 13.3 Å². The minimum Gasteiger partial charge on any atom is -0.465 e. The van der Waals surface area contributed by atoms with E-state index in [-0.39, 0.29) is 10.7 Å². The molecule has 0 radical (unpaired) electrons. The molecule has 0 N–H and O–H groups in total. The van der Waals surface area contributed by atoms with Crippen molar-refractivity contribution >= 4 is 33.5 Å². The highest BCUT2D eigenvalue weighted by Gasteiger charge is 2.13. The van der Waals surface area contributed by atoms with E-state index in [0.29, 0.717) is 12.2 Å². The van der Waals surface area contributed by atoms with Crippen molar-refractivity contribution in [3.05, 3.63) is 57.0 Å². The van der Waals surface area contributed by atoms with E-state index in [1.54, 1.807) is 0 Å². The van der Waals surface area contributed by atoms with Crippen molar-refractivity contribution in [3.8, 4) is 0 Å². The molecule has 4 nitrogen and oxygen atoms in total. The molecule has 1 heterocycles. The summed E-state index contributed by atoms with van der Waals surface area (Å²) in [4.78, 5) is 19.6. The Bertz CT molecular complexity index is 602. The van der Waals surface area contributed by atoms with Crippen LogP contribution >= 0.6 is 27.5 Å². The maximum Gasteiger partial charge on any atom is 0.342 e. The van der Waals surface area contributed by atoms with E-state index >= 15 is 0 Å². The van der Waals surface area contributed by atoms with Gasteiger partial charge in [0.2, 0.25) is 0 Å². The van der Waals surface area contributed by atoms with E-state index in [2.05, 4.69) is 30.6 Å². The topological polar surface area (TPSA) is 52.1 Å². The van der Waals surface area contributed by atoms with Gasteiger partial charge in [-0.05, 0) is 17.7 Å². The van der Waals surface area contributed by atoms with Gasteiger partial charge in [0.1, 0.15) is 16.5 Å². The number of rotatable bonds is 3. The summed E-state index contributed by atoms with van der Waals surface area (Å²) in [5, 5.41) is 0.106. The first-order valence-electron chi connectivity index (χ1n) is 5.44. The Morgan fingerprint density at radius 3 is 2.63 bits per heavy atom. The molecule has 2 aromatic rings. The zero-order valence-corrected chi connectivity index (χ0v) is 12.4. The molecule has 1 aromatic heterocycles. The molecule has 0 saturated carbocycles. The van der Waals surface area contributed by atoms with Crippen molar-refractivity contribution in [2.75, 3.05) is 7.11 Å². The summed E-state index contributed by atoms with van der Waals surface area (Å²) in [5.41, 5.74) is 1.23. The second-order valence-corrected chi connectivity index (χ2v) is 5.06. The molecule has 0 spiro atoms. The number of carbonyl (C=O) groups is 1. The smallest absolute Gasteiger partial charge is 0.342 e. The Kier molecular flexibility index (Phi) is 4.50. The lowest BCUT2D eigenvalue weighted by Gasteiger charge is -2.04. The molecule has 0 bridgehead atoms. The number of nitrogens with zero attached hydrogens (tertiary/aromatic N) is 2. The summed E-state index contributed by atoms with van der Waals surface area (Å²) in [6, 6.07) is 7.82. The van der Waals surface area contributed by atoms with Crippen LogP contribution < -0.4 is 0 Å². The Hall–Kier alpha value is -1.46. The molecule has 6 heteroatoms. The number of esters is 1. The molecule has 2 rings (SSSR count). The van der Waals surface area contributed by atoms with Gasteiger partial charge in [-0.1, -0.05) is 39.7 Å². The van der Waals surface area contributed by atoms with Gasteiger partial charge in [-0.2, -0.15) is 0 Å². The first-order valence-corrected chi connectivity index (χ1v) is 6.61. The fraction of sp³-hybridized carbons (Fsp3) is 0.154. The number of aromatic nitrogens is 2. The molecular formula is C13H10BrClN2O2. The van der Waals surface area contributed by atoms with Gasteiger partial charge in [0, 0.05) is 17.1 Å². The fourth-order valence-corrected chi connectivity index (χ4v) is 2.00. The van der Waals surface area contributed by atoms with Crippen molar-refractivity contribution in [2.45, 2.75) is 6.42 Å². The maximum atomic E-state index is 11.3. The van der Waals surface area contributed by atoms with Gasteiger partial charge in [-0.25, -0.2) is 14.8 Å². The van der Waals surface area contributed by atoms with Crippen LogP contribution in [0.5, 0.6) is 0 Å². The van der Waals surface area contributed by atoms with E-state index in [0.717, 1.165) is 10.0 Å². The van der Waals surface area contributed by atoms with E-state index in [4.69, 9.17) is 11.6 Å². The van der Waals surface area contributed by atoms with Gasteiger partial charge >= 0.3 is 5.97 Å². The molecular weight excluding hydrogens is 332 g/mol. The van der Waals surface area contributed by atoms with Crippen LogP contribution in [0.4, 0.5) is 0 Å². The molecule has 1 aromatic carbocycles. The van der Waals surface area contributed by atoms with Crippen LogP contribution in [0.1, 0.15) is 21.7 Å². The van der Waals surface area contributed by atoms with Crippen LogP contribution in [0.25, 0.3) is 0 Å². The second kappa shape index (κ2) is 6.12. The van der Waals surface area contributed by atoms with Crippen LogP contribution in [-0.4, -0.2) is 23.0 Å². The van der Waals surface area contributed by atoms with Crippen molar-refractivity contribution in [2.24, 2.45) is 0 Å². The summed E-state index contributed by atoms with van der Waals surface area (Å²) in [5.74, 6) is 0.0140. The number of hydrogen-bond donors (Lipinski definition) is 0. The first-order chi connectivity index (χ1) is 9.10. The van der Waals surface area contributed by atoms with Crippen LogP contribution in [0, 0.1) is 0 Å². The van der Waals surface area contributed by atoms with Gasteiger partial charge in [0.25, 0.3) is 0 Å². The molecule has 0 fully saturated rings. The third-order valence-electron chi connectivity index (χ3n) is 2.47. The second-order valence-electron chi connectivity index (χ2n) is 3.79. The number of hydrogen-bond acceptors (Lipinski definition) is 4. The van der Waals surface area contributed by atoms with Crippen LogP contribution in [0.3, 0.4) is 0 Å². The number of halogens is 2. The quantitative estimate of drug-likeness (QED) is 0.635. The van der Waals surface area contributed by atoms with Crippen LogP contribution in [0.15, 0.2) is 34.9 Å². The van der Waals surface area contributed by atoms with Gasteiger partial charge < -0.3 is 4.74 Å². The minimum absolute atomic E-state index is 0.106. The SMILES string of the molecule is COC(=O)c1cnc(Cc2ccc(Br)cc2)nc1Cl. The predicted molar refractivity (Wildman–Crippen MR) is 75.3 cm³/mol. The van der Waals surface area contributed by atoms with Gasteiger partial charge in [0.15, 0.2) is 0 Å². The highest BCUT2D eigenvalue weighted by molar-refractivity contribution is 9.10.